The zero-order chi connectivity index (χ0) is 29.3. The number of sulfonamides is 1. The predicted molar refractivity (Wildman–Crippen MR) is 152 cm³/mol. The lowest BCUT2D eigenvalue weighted by Crippen LogP contribution is -2.40. The van der Waals surface area contributed by atoms with Gasteiger partial charge in [-0.2, -0.15) is 0 Å². The summed E-state index contributed by atoms with van der Waals surface area (Å²) in [4.78, 5) is 34.9. The van der Waals surface area contributed by atoms with Crippen molar-refractivity contribution in [3.8, 4) is 17.0 Å². The molecule has 0 saturated heterocycles. The van der Waals surface area contributed by atoms with Gasteiger partial charge in [0.15, 0.2) is 11.4 Å². The first kappa shape index (κ1) is 28.9. The Morgan fingerprint density at radius 1 is 1.02 bits per heavy atom. The Labute approximate surface area is 234 Å². The number of hydrogen-bond acceptors (Lipinski definition) is 8. The first-order valence-electron chi connectivity index (χ1n) is 12.9. The van der Waals surface area contributed by atoms with Crippen LogP contribution in [0.1, 0.15) is 52.9 Å². The first-order valence-corrected chi connectivity index (χ1v) is 14.4. The summed E-state index contributed by atoms with van der Waals surface area (Å²) in [6.45, 7) is 10.5. The molecule has 210 valence electrons. The maximum Gasteiger partial charge on any atom is 0.349 e. The highest BCUT2D eigenvalue weighted by molar-refractivity contribution is 7.92. The summed E-state index contributed by atoms with van der Waals surface area (Å²) in [6.07, 6.45) is 3.94. The van der Waals surface area contributed by atoms with Crippen LogP contribution < -0.4 is 9.46 Å². The van der Waals surface area contributed by atoms with Gasteiger partial charge in [0.25, 0.3) is 10.0 Å². The molecular weight excluding hydrogens is 530 g/mol. The Morgan fingerprint density at radius 3 is 2.38 bits per heavy atom. The average molecular weight is 564 g/mol. The lowest BCUT2D eigenvalue weighted by molar-refractivity contribution is -0.158. The van der Waals surface area contributed by atoms with Gasteiger partial charge in [0.05, 0.1) is 40.5 Å². The Bertz CT molecular complexity index is 1590. The Morgan fingerprint density at radius 2 is 1.73 bits per heavy atom. The smallest absolute Gasteiger partial charge is 0.349 e. The number of benzene rings is 2. The number of carbonyl (C=O) groups is 2. The standard InChI is InChI=1S/C30H33N3O6S/c1-7-38-28(35)30(5,6)39-25-16-13-19(17-23(25)33-40(36,37)20-11-9-8-10-12-20)24-18-31-22-15-14-21(26(22)32-24)27(34)29(2,3)4/h8-14,16-18,33H,7,15H2,1-6H3. The number of anilines is 1. The van der Waals surface area contributed by atoms with Crippen molar-refractivity contribution in [3.63, 3.8) is 0 Å². The van der Waals surface area contributed by atoms with E-state index >= 15 is 0 Å². The number of aromatic nitrogens is 2. The molecule has 4 rings (SSSR count). The maximum atomic E-state index is 13.2. The topological polar surface area (TPSA) is 125 Å². The Hall–Kier alpha value is -4.05. The molecule has 0 amide bonds. The molecule has 1 aliphatic rings. The third kappa shape index (κ3) is 6.07. The molecule has 10 heteroatoms. The molecule has 0 spiro atoms. The Kier molecular flexibility index (Phi) is 7.85. The third-order valence-corrected chi connectivity index (χ3v) is 7.62. The summed E-state index contributed by atoms with van der Waals surface area (Å²) in [7, 11) is -4.00. The molecule has 1 heterocycles. The summed E-state index contributed by atoms with van der Waals surface area (Å²) in [6, 6.07) is 12.7. The molecule has 0 atom stereocenters. The van der Waals surface area contributed by atoms with E-state index < -0.39 is 27.0 Å². The van der Waals surface area contributed by atoms with Crippen LogP contribution in [0, 0.1) is 5.41 Å². The highest BCUT2D eigenvalue weighted by atomic mass is 32.2. The van der Waals surface area contributed by atoms with E-state index in [2.05, 4.69) is 9.71 Å². The van der Waals surface area contributed by atoms with Crippen LogP contribution in [-0.2, 0) is 30.8 Å². The fourth-order valence-electron chi connectivity index (χ4n) is 4.10. The van der Waals surface area contributed by atoms with E-state index in [-0.39, 0.29) is 28.7 Å². The highest BCUT2D eigenvalue weighted by Gasteiger charge is 2.34. The molecule has 3 aromatic rings. The Balaban J connectivity index is 1.77. The van der Waals surface area contributed by atoms with Gasteiger partial charge in [-0.05, 0) is 51.1 Å². The van der Waals surface area contributed by atoms with Crippen molar-refractivity contribution in [2.24, 2.45) is 5.41 Å². The number of nitrogens with zero attached hydrogens (tertiary/aromatic N) is 2. The quantitative estimate of drug-likeness (QED) is 0.352. The lowest BCUT2D eigenvalue weighted by Gasteiger charge is -2.26. The molecule has 1 aliphatic carbocycles. The van der Waals surface area contributed by atoms with Crippen LogP contribution in [0.5, 0.6) is 5.75 Å². The van der Waals surface area contributed by atoms with Gasteiger partial charge in [0.1, 0.15) is 5.75 Å². The summed E-state index contributed by atoms with van der Waals surface area (Å²) in [5.74, 6) is -0.499. The van der Waals surface area contributed by atoms with Gasteiger partial charge in [-0.3, -0.25) is 14.5 Å². The molecule has 0 unspecified atom stereocenters. The molecule has 0 bridgehead atoms. The van der Waals surface area contributed by atoms with Crippen LogP contribution in [0.2, 0.25) is 0 Å². The number of carbonyl (C=O) groups excluding carboxylic acids is 2. The number of ketones is 1. The van der Waals surface area contributed by atoms with E-state index in [0.717, 1.165) is 0 Å². The van der Waals surface area contributed by atoms with Crippen molar-refractivity contribution in [1.82, 2.24) is 9.97 Å². The van der Waals surface area contributed by atoms with Gasteiger partial charge in [-0.15, -0.1) is 0 Å². The number of rotatable bonds is 9. The maximum absolute atomic E-state index is 13.2. The molecule has 0 saturated carbocycles. The molecular formula is C30H33N3O6S. The summed E-state index contributed by atoms with van der Waals surface area (Å²) >= 11 is 0. The van der Waals surface area contributed by atoms with E-state index in [9.17, 15) is 18.0 Å². The van der Waals surface area contributed by atoms with Gasteiger partial charge in [-0.25, -0.2) is 18.2 Å². The molecule has 1 N–H and O–H groups in total. The van der Waals surface area contributed by atoms with Gasteiger partial charge >= 0.3 is 5.97 Å². The number of hydrogen-bond donors (Lipinski definition) is 1. The second kappa shape index (κ2) is 10.8. The molecule has 0 aliphatic heterocycles. The SMILES string of the molecule is CCOC(=O)C(C)(C)Oc1ccc(-c2cnc3c(n2)C(C(=O)C(C)(C)C)=CC3)cc1NS(=O)(=O)c1ccccc1. The van der Waals surface area contributed by atoms with Crippen LogP contribution in [0.15, 0.2) is 65.7 Å². The van der Waals surface area contributed by atoms with E-state index in [4.69, 9.17) is 14.5 Å². The molecule has 2 aromatic carbocycles. The fourth-order valence-corrected chi connectivity index (χ4v) is 5.18. The number of nitrogens with one attached hydrogen (secondary N) is 1. The minimum atomic E-state index is -4.00. The van der Waals surface area contributed by atoms with E-state index in [0.29, 0.717) is 34.6 Å². The molecule has 9 nitrogen and oxygen atoms in total. The van der Waals surface area contributed by atoms with Gasteiger partial charge in [0.2, 0.25) is 0 Å². The van der Waals surface area contributed by atoms with Gasteiger partial charge in [-0.1, -0.05) is 45.0 Å². The monoisotopic (exact) mass is 563 g/mol. The number of allylic oxidation sites excluding steroid dienone is 2. The van der Waals surface area contributed by atoms with Gasteiger partial charge < -0.3 is 9.47 Å². The number of Topliss-reactive ketones (excluding diaryl/α,β-unsaturated/α-hetero) is 1. The molecule has 0 fully saturated rings. The minimum absolute atomic E-state index is 0.0287. The van der Waals surface area contributed by atoms with E-state index in [1.165, 1.54) is 12.1 Å². The molecule has 1 aromatic heterocycles. The summed E-state index contributed by atoms with van der Waals surface area (Å²) < 4.78 is 40.2. The third-order valence-electron chi connectivity index (χ3n) is 6.23. The predicted octanol–water partition coefficient (Wildman–Crippen LogP) is 5.22. The number of fused-ring (bicyclic) bond motifs is 1. The second-order valence-electron chi connectivity index (χ2n) is 10.9. The van der Waals surface area contributed by atoms with Crippen LogP contribution in [0.25, 0.3) is 16.8 Å². The van der Waals surface area contributed by atoms with Gasteiger partial charge in [0, 0.05) is 23.0 Å². The summed E-state index contributed by atoms with van der Waals surface area (Å²) in [5.41, 5.74) is 0.857. The zero-order valence-corrected chi connectivity index (χ0v) is 24.3. The van der Waals surface area contributed by atoms with Crippen molar-refractivity contribution < 1.29 is 27.5 Å². The normalized spacial score (nSPS) is 13.3. The minimum Gasteiger partial charge on any atom is -0.474 e. The van der Waals surface area contributed by atoms with Crippen molar-refractivity contribution in [2.75, 3.05) is 11.3 Å². The largest absolute Gasteiger partial charge is 0.474 e. The average Bonchev–Trinajstić information content (AvgIpc) is 3.32. The highest BCUT2D eigenvalue weighted by Crippen LogP contribution is 2.36. The van der Waals surface area contributed by atoms with Crippen LogP contribution in [0.3, 0.4) is 0 Å². The number of ether oxygens (including phenoxy) is 2. The van der Waals surface area contributed by atoms with Crippen LogP contribution in [-0.4, -0.2) is 42.3 Å². The van der Waals surface area contributed by atoms with Crippen molar-refractivity contribution in [3.05, 3.63) is 72.2 Å². The fraction of sp³-hybridized carbons (Fsp3) is 0.333. The first-order chi connectivity index (χ1) is 18.7. The molecule has 0 radical (unpaired) electrons. The number of esters is 1. The second-order valence-corrected chi connectivity index (χ2v) is 12.6. The lowest BCUT2D eigenvalue weighted by atomic mass is 9.86. The van der Waals surface area contributed by atoms with Crippen molar-refractivity contribution >= 4 is 33.0 Å². The zero-order valence-electron chi connectivity index (χ0n) is 23.4. The van der Waals surface area contributed by atoms with Crippen LogP contribution >= 0.6 is 0 Å². The molecule has 40 heavy (non-hydrogen) atoms. The van der Waals surface area contributed by atoms with Crippen molar-refractivity contribution in [2.45, 2.75) is 58.5 Å². The van der Waals surface area contributed by atoms with E-state index in [1.54, 1.807) is 63.4 Å². The van der Waals surface area contributed by atoms with Crippen LogP contribution in [0.4, 0.5) is 5.69 Å². The summed E-state index contributed by atoms with van der Waals surface area (Å²) in [5, 5.41) is 0. The van der Waals surface area contributed by atoms with E-state index in [1.807, 2.05) is 26.8 Å². The van der Waals surface area contributed by atoms with Crippen molar-refractivity contribution in [1.29, 1.82) is 0 Å².